The van der Waals surface area contributed by atoms with E-state index in [-0.39, 0.29) is 5.91 Å². The Hall–Kier alpha value is -2.43. The van der Waals surface area contributed by atoms with Gasteiger partial charge in [-0.1, -0.05) is 48.5 Å². The first kappa shape index (κ1) is 17.0. The molecule has 0 spiro atoms. The average molecular weight is 348 g/mol. The molecular weight excluding hydrogens is 324 g/mol. The van der Waals surface area contributed by atoms with Gasteiger partial charge in [0, 0.05) is 25.2 Å². The molecule has 0 aromatic heterocycles. The molecule has 0 aliphatic carbocycles. The molecule has 2 aromatic carbocycles. The fourth-order valence-corrected chi connectivity index (χ4v) is 3.92. The van der Waals surface area contributed by atoms with Gasteiger partial charge in [0.25, 0.3) is 0 Å². The maximum atomic E-state index is 11.3. The lowest BCUT2D eigenvalue weighted by Crippen LogP contribution is -2.53. The lowest BCUT2D eigenvalue weighted by Gasteiger charge is -2.45. The monoisotopic (exact) mass is 348 g/mol. The van der Waals surface area contributed by atoms with Crippen LogP contribution in [0.3, 0.4) is 0 Å². The van der Waals surface area contributed by atoms with E-state index in [1.54, 1.807) is 0 Å². The number of anilines is 1. The van der Waals surface area contributed by atoms with Gasteiger partial charge in [0.15, 0.2) is 0 Å². The highest BCUT2D eigenvalue weighted by Gasteiger charge is 2.34. The van der Waals surface area contributed by atoms with Crippen LogP contribution in [0, 0.1) is 0 Å². The molecule has 0 radical (unpaired) electrons. The molecule has 0 saturated carbocycles. The smallest absolute Gasteiger partial charge is 0.221 e. The van der Waals surface area contributed by atoms with E-state index in [2.05, 4.69) is 58.8 Å². The molecule has 2 heterocycles. The second-order valence-corrected chi connectivity index (χ2v) is 7.07. The summed E-state index contributed by atoms with van der Waals surface area (Å²) in [7, 11) is 0. The molecule has 1 N–H and O–H groups in total. The third-order valence-corrected chi connectivity index (χ3v) is 5.10. The molecule has 2 aliphatic rings. The van der Waals surface area contributed by atoms with Gasteiger partial charge in [0.05, 0.1) is 19.3 Å². The normalized spacial score (nSPS) is 22.6. The van der Waals surface area contributed by atoms with Crippen LogP contribution in [0.2, 0.25) is 0 Å². The number of fused-ring (bicyclic) bond motifs is 2. The molecule has 4 nitrogen and oxygen atoms in total. The summed E-state index contributed by atoms with van der Waals surface area (Å²) in [4.78, 5) is 13.9. The Balaban J connectivity index is 1.57. The Morgan fingerprint density at radius 3 is 2.77 bits per heavy atom. The highest BCUT2D eigenvalue weighted by molar-refractivity contribution is 5.89. The van der Waals surface area contributed by atoms with Crippen LogP contribution in [0.1, 0.15) is 24.5 Å². The van der Waals surface area contributed by atoms with Gasteiger partial charge in [-0.3, -0.25) is 9.69 Å². The summed E-state index contributed by atoms with van der Waals surface area (Å²) in [6.07, 6.45) is 3.30. The maximum absolute atomic E-state index is 11.3. The minimum absolute atomic E-state index is 0.0425. The Bertz CT molecular complexity index is 816. The van der Waals surface area contributed by atoms with Crippen LogP contribution >= 0.6 is 0 Å². The van der Waals surface area contributed by atoms with Crippen LogP contribution in [-0.4, -0.2) is 36.1 Å². The number of nitrogens with zero attached hydrogens (tertiary/aromatic N) is 1. The summed E-state index contributed by atoms with van der Waals surface area (Å²) in [5.74, 6) is -0.0425. The Kier molecular flexibility index (Phi) is 4.87. The molecule has 2 aliphatic heterocycles. The lowest BCUT2D eigenvalue weighted by atomic mass is 9.89. The molecule has 4 heteroatoms. The summed E-state index contributed by atoms with van der Waals surface area (Å²) in [5.41, 5.74) is 4.73. The minimum atomic E-state index is -0.0425. The van der Waals surface area contributed by atoms with E-state index in [9.17, 15) is 4.79 Å². The van der Waals surface area contributed by atoms with Crippen molar-refractivity contribution in [2.45, 2.75) is 32.0 Å². The molecular formula is C22H24N2O2. The van der Waals surface area contributed by atoms with Crippen molar-refractivity contribution < 1.29 is 9.53 Å². The molecule has 1 saturated heterocycles. The summed E-state index contributed by atoms with van der Waals surface area (Å²) >= 11 is 0. The number of benzene rings is 2. The minimum Gasteiger partial charge on any atom is -0.378 e. The predicted molar refractivity (Wildman–Crippen MR) is 104 cm³/mol. The van der Waals surface area contributed by atoms with E-state index in [0.717, 1.165) is 31.9 Å². The summed E-state index contributed by atoms with van der Waals surface area (Å²) < 4.78 is 5.82. The molecule has 2 bridgehead atoms. The topological polar surface area (TPSA) is 41.6 Å². The molecule has 2 aromatic rings. The van der Waals surface area contributed by atoms with Gasteiger partial charge in [0.1, 0.15) is 0 Å². The van der Waals surface area contributed by atoms with Crippen molar-refractivity contribution in [1.29, 1.82) is 0 Å². The van der Waals surface area contributed by atoms with Gasteiger partial charge in [-0.05, 0) is 35.3 Å². The van der Waals surface area contributed by atoms with Crippen LogP contribution in [0.4, 0.5) is 5.69 Å². The quantitative estimate of drug-likeness (QED) is 0.916. The molecule has 134 valence electrons. The second kappa shape index (κ2) is 7.44. The van der Waals surface area contributed by atoms with E-state index in [1.165, 1.54) is 23.6 Å². The fourth-order valence-electron chi connectivity index (χ4n) is 3.92. The third-order valence-electron chi connectivity index (χ3n) is 5.10. The molecule has 4 rings (SSSR count). The van der Waals surface area contributed by atoms with E-state index >= 15 is 0 Å². The van der Waals surface area contributed by atoms with Crippen molar-refractivity contribution in [1.82, 2.24) is 4.90 Å². The number of amides is 1. The number of rotatable bonds is 4. The third kappa shape index (κ3) is 3.71. The van der Waals surface area contributed by atoms with Crippen LogP contribution in [0.5, 0.6) is 0 Å². The van der Waals surface area contributed by atoms with Gasteiger partial charge in [-0.15, -0.1) is 0 Å². The summed E-state index contributed by atoms with van der Waals surface area (Å²) in [6.45, 7) is 4.00. The van der Waals surface area contributed by atoms with E-state index < -0.39 is 0 Å². The summed E-state index contributed by atoms with van der Waals surface area (Å²) in [5, 5.41) is 2.87. The standard InChI is InChI=1S/C22H24N2O2/c1-16(25)23-20-9-5-8-18(10-20)19-11-21-14-26-15-22(12-19)24(21)13-17-6-3-2-4-7-17/h2-11,21-22H,12-15H2,1H3,(H,23,25). The van der Waals surface area contributed by atoms with Crippen LogP contribution < -0.4 is 5.32 Å². The zero-order valence-electron chi connectivity index (χ0n) is 15.0. The van der Waals surface area contributed by atoms with Crippen molar-refractivity contribution in [3.63, 3.8) is 0 Å². The largest absolute Gasteiger partial charge is 0.378 e. The number of nitrogens with one attached hydrogen (secondary N) is 1. The fraction of sp³-hybridized carbons (Fsp3) is 0.318. The van der Waals surface area contributed by atoms with Gasteiger partial charge >= 0.3 is 0 Å². The van der Waals surface area contributed by atoms with Gasteiger partial charge < -0.3 is 10.1 Å². The van der Waals surface area contributed by atoms with Gasteiger partial charge in [-0.2, -0.15) is 0 Å². The molecule has 2 atom stereocenters. The SMILES string of the molecule is CC(=O)Nc1cccc(C2=CC3COCC(C2)N3Cc2ccccc2)c1. The van der Waals surface area contributed by atoms with Crippen molar-refractivity contribution in [2.75, 3.05) is 18.5 Å². The van der Waals surface area contributed by atoms with E-state index in [0.29, 0.717) is 12.1 Å². The zero-order chi connectivity index (χ0) is 17.9. The molecule has 2 unspecified atom stereocenters. The van der Waals surface area contributed by atoms with Gasteiger partial charge in [0.2, 0.25) is 5.91 Å². The van der Waals surface area contributed by atoms with Crippen molar-refractivity contribution in [2.24, 2.45) is 0 Å². The average Bonchev–Trinajstić information content (AvgIpc) is 2.62. The van der Waals surface area contributed by atoms with E-state index in [4.69, 9.17) is 4.74 Å². The van der Waals surface area contributed by atoms with E-state index in [1.807, 2.05) is 12.1 Å². The predicted octanol–water partition coefficient (Wildman–Crippen LogP) is 3.70. The van der Waals surface area contributed by atoms with Crippen LogP contribution in [0.25, 0.3) is 5.57 Å². The Morgan fingerprint density at radius 2 is 2.00 bits per heavy atom. The van der Waals surface area contributed by atoms with Crippen molar-refractivity contribution in [3.8, 4) is 0 Å². The Labute approximate surface area is 154 Å². The Morgan fingerprint density at radius 1 is 1.15 bits per heavy atom. The molecule has 1 amide bonds. The first-order chi connectivity index (χ1) is 12.7. The summed E-state index contributed by atoms with van der Waals surface area (Å²) in [6, 6.07) is 19.4. The highest BCUT2D eigenvalue weighted by Crippen LogP contribution is 2.34. The molecule has 1 fully saturated rings. The number of carbonyl (C=O) groups is 1. The van der Waals surface area contributed by atoms with Crippen LogP contribution in [-0.2, 0) is 16.1 Å². The maximum Gasteiger partial charge on any atom is 0.221 e. The lowest BCUT2D eigenvalue weighted by molar-refractivity contribution is -0.114. The number of ether oxygens (including phenoxy) is 1. The van der Waals surface area contributed by atoms with Crippen molar-refractivity contribution >= 4 is 17.2 Å². The number of hydrogen-bond donors (Lipinski definition) is 1. The first-order valence-corrected chi connectivity index (χ1v) is 9.15. The van der Waals surface area contributed by atoms with Gasteiger partial charge in [-0.25, -0.2) is 0 Å². The highest BCUT2D eigenvalue weighted by atomic mass is 16.5. The first-order valence-electron chi connectivity index (χ1n) is 9.15. The number of carbonyl (C=O) groups excluding carboxylic acids is 1. The van der Waals surface area contributed by atoms with Crippen LogP contribution in [0.15, 0.2) is 60.7 Å². The number of morpholine rings is 1. The van der Waals surface area contributed by atoms with Crippen molar-refractivity contribution in [3.05, 3.63) is 71.8 Å². The number of hydrogen-bond acceptors (Lipinski definition) is 3. The zero-order valence-corrected chi connectivity index (χ0v) is 15.0. The second-order valence-electron chi connectivity index (χ2n) is 7.07. The molecule has 26 heavy (non-hydrogen) atoms.